The first-order valence-corrected chi connectivity index (χ1v) is 7.17. The number of nitrogens with one attached hydrogen (secondary N) is 2. The molecule has 0 aliphatic carbocycles. The Morgan fingerprint density at radius 3 is 3.00 bits per heavy atom. The number of benzene rings is 1. The Morgan fingerprint density at radius 1 is 1.29 bits per heavy atom. The molecule has 17 heavy (non-hydrogen) atoms. The van der Waals surface area contributed by atoms with Gasteiger partial charge in [-0.3, -0.25) is 5.32 Å². The van der Waals surface area contributed by atoms with Gasteiger partial charge < -0.3 is 4.74 Å². The first-order valence-electron chi connectivity index (χ1n) is 5.62. The molecule has 6 heteroatoms. The predicted molar refractivity (Wildman–Crippen MR) is 63.1 cm³/mol. The summed E-state index contributed by atoms with van der Waals surface area (Å²) in [5, 5.41) is 2.74. The van der Waals surface area contributed by atoms with Gasteiger partial charge in [0, 0.05) is 12.0 Å². The SMILES string of the molecule is O=S1(=O)NCNC2c3ccccc3OCCC21. The third-order valence-corrected chi connectivity index (χ3v) is 5.13. The van der Waals surface area contributed by atoms with Crippen LogP contribution in [0.15, 0.2) is 24.3 Å². The highest BCUT2D eigenvalue weighted by Gasteiger charge is 2.40. The monoisotopic (exact) mass is 254 g/mol. The summed E-state index contributed by atoms with van der Waals surface area (Å²) in [5.74, 6) is 0.782. The fourth-order valence-electron chi connectivity index (χ4n) is 2.46. The van der Waals surface area contributed by atoms with Crippen molar-refractivity contribution in [2.75, 3.05) is 13.3 Å². The van der Waals surface area contributed by atoms with Crippen LogP contribution in [-0.4, -0.2) is 26.9 Å². The Bertz CT molecular complexity index is 529. The van der Waals surface area contributed by atoms with Crippen molar-refractivity contribution in [2.24, 2.45) is 0 Å². The molecule has 1 aromatic rings. The first kappa shape index (κ1) is 11.0. The van der Waals surface area contributed by atoms with E-state index in [0.717, 1.165) is 11.3 Å². The largest absolute Gasteiger partial charge is 0.493 e. The molecule has 1 aromatic carbocycles. The number of hydrogen-bond acceptors (Lipinski definition) is 4. The summed E-state index contributed by atoms with van der Waals surface area (Å²) in [4.78, 5) is 0. The van der Waals surface area contributed by atoms with Crippen LogP contribution in [0.1, 0.15) is 18.0 Å². The molecule has 0 saturated carbocycles. The van der Waals surface area contributed by atoms with Crippen LogP contribution in [0.2, 0.25) is 0 Å². The van der Waals surface area contributed by atoms with Gasteiger partial charge in [-0.2, -0.15) is 0 Å². The van der Waals surface area contributed by atoms with E-state index < -0.39 is 15.3 Å². The number of rotatable bonds is 0. The number of hydrogen-bond donors (Lipinski definition) is 2. The van der Waals surface area contributed by atoms with Gasteiger partial charge in [0.05, 0.1) is 24.6 Å². The Balaban J connectivity index is 2.09. The third-order valence-electron chi connectivity index (χ3n) is 3.28. The predicted octanol–water partition coefficient (Wildman–Crippen LogP) is 0.359. The second-order valence-corrected chi connectivity index (χ2v) is 6.25. The van der Waals surface area contributed by atoms with Crippen molar-refractivity contribution in [2.45, 2.75) is 17.7 Å². The molecule has 0 bridgehead atoms. The van der Waals surface area contributed by atoms with Crippen molar-refractivity contribution in [3.63, 3.8) is 0 Å². The molecular formula is C11H14N2O3S. The lowest BCUT2D eigenvalue weighted by Gasteiger charge is -2.31. The molecule has 1 fully saturated rings. The van der Waals surface area contributed by atoms with Crippen LogP contribution in [0.5, 0.6) is 5.75 Å². The van der Waals surface area contributed by atoms with Gasteiger partial charge in [0.25, 0.3) is 0 Å². The summed E-state index contributed by atoms with van der Waals surface area (Å²) in [6, 6.07) is 7.43. The van der Waals surface area contributed by atoms with E-state index in [0.29, 0.717) is 13.0 Å². The lowest BCUT2D eigenvalue weighted by molar-refractivity contribution is 0.313. The molecule has 92 valence electrons. The maximum atomic E-state index is 12.0. The zero-order chi connectivity index (χ0) is 11.9. The molecule has 2 aliphatic heterocycles. The van der Waals surface area contributed by atoms with Crippen molar-refractivity contribution in [1.82, 2.24) is 10.0 Å². The molecule has 2 N–H and O–H groups in total. The summed E-state index contributed by atoms with van der Waals surface area (Å²) in [6.07, 6.45) is 0.502. The number of para-hydroxylation sites is 1. The Kier molecular flexibility index (Phi) is 2.57. The average molecular weight is 254 g/mol. The van der Waals surface area contributed by atoms with Gasteiger partial charge in [-0.05, 0) is 6.07 Å². The normalized spacial score (nSPS) is 30.6. The Hall–Kier alpha value is -1.11. The number of sulfonamides is 1. The summed E-state index contributed by atoms with van der Waals surface area (Å²) in [5.41, 5.74) is 0.931. The van der Waals surface area contributed by atoms with Crippen LogP contribution < -0.4 is 14.8 Å². The molecular weight excluding hydrogens is 240 g/mol. The minimum atomic E-state index is -3.24. The zero-order valence-corrected chi connectivity index (χ0v) is 10.0. The topological polar surface area (TPSA) is 67.4 Å². The number of ether oxygens (including phenoxy) is 1. The fraction of sp³-hybridized carbons (Fsp3) is 0.455. The van der Waals surface area contributed by atoms with Gasteiger partial charge >= 0.3 is 0 Å². The molecule has 2 aliphatic rings. The van der Waals surface area contributed by atoms with Crippen LogP contribution in [0, 0.1) is 0 Å². The quantitative estimate of drug-likeness (QED) is 0.701. The van der Waals surface area contributed by atoms with Gasteiger partial charge in [0.2, 0.25) is 10.0 Å². The van der Waals surface area contributed by atoms with Crippen LogP contribution in [-0.2, 0) is 10.0 Å². The molecule has 0 aromatic heterocycles. The lowest BCUT2D eigenvalue weighted by Crippen LogP contribution is -2.52. The van der Waals surface area contributed by atoms with E-state index in [1.165, 1.54) is 0 Å². The summed E-state index contributed by atoms with van der Waals surface area (Å²) < 4.78 is 32.1. The molecule has 2 heterocycles. The highest BCUT2D eigenvalue weighted by atomic mass is 32.2. The average Bonchev–Trinajstić information content (AvgIpc) is 2.49. The number of fused-ring (bicyclic) bond motifs is 3. The molecule has 2 unspecified atom stereocenters. The van der Waals surface area contributed by atoms with Gasteiger partial charge in [-0.25, -0.2) is 13.1 Å². The van der Waals surface area contributed by atoms with Crippen LogP contribution >= 0.6 is 0 Å². The zero-order valence-electron chi connectivity index (χ0n) is 9.22. The van der Waals surface area contributed by atoms with Crippen LogP contribution in [0.4, 0.5) is 0 Å². The van der Waals surface area contributed by atoms with E-state index in [1.54, 1.807) is 0 Å². The van der Waals surface area contributed by atoms with Crippen molar-refractivity contribution in [3.05, 3.63) is 29.8 Å². The summed E-state index contributed by atoms with van der Waals surface area (Å²) in [6.45, 7) is 0.707. The molecule has 0 radical (unpaired) electrons. The van der Waals surface area contributed by atoms with E-state index in [1.807, 2.05) is 24.3 Å². The Morgan fingerprint density at radius 2 is 2.12 bits per heavy atom. The Labute approximate surface area is 100 Å². The smallest absolute Gasteiger partial charge is 0.217 e. The van der Waals surface area contributed by atoms with E-state index in [4.69, 9.17) is 4.74 Å². The molecule has 5 nitrogen and oxygen atoms in total. The van der Waals surface area contributed by atoms with Gasteiger partial charge in [0.1, 0.15) is 5.75 Å². The minimum absolute atomic E-state index is 0.181. The van der Waals surface area contributed by atoms with Crippen molar-refractivity contribution >= 4 is 10.0 Å². The van der Waals surface area contributed by atoms with Gasteiger partial charge in [0.15, 0.2) is 0 Å². The van der Waals surface area contributed by atoms with E-state index >= 15 is 0 Å². The molecule has 1 saturated heterocycles. The third kappa shape index (κ3) is 1.82. The maximum absolute atomic E-state index is 12.0. The van der Waals surface area contributed by atoms with Crippen molar-refractivity contribution in [3.8, 4) is 5.75 Å². The highest BCUT2D eigenvalue weighted by molar-refractivity contribution is 7.90. The van der Waals surface area contributed by atoms with E-state index in [-0.39, 0.29) is 12.7 Å². The molecule has 2 atom stereocenters. The first-order chi connectivity index (χ1) is 8.18. The summed E-state index contributed by atoms with van der Waals surface area (Å²) in [7, 11) is -3.24. The minimum Gasteiger partial charge on any atom is -0.493 e. The van der Waals surface area contributed by atoms with Crippen molar-refractivity contribution in [1.29, 1.82) is 0 Å². The summed E-state index contributed by atoms with van der Waals surface area (Å²) >= 11 is 0. The van der Waals surface area contributed by atoms with Crippen molar-refractivity contribution < 1.29 is 13.2 Å². The highest BCUT2D eigenvalue weighted by Crippen LogP contribution is 2.35. The van der Waals surface area contributed by atoms with Gasteiger partial charge in [-0.1, -0.05) is 18.2 Å². The second-order valence-electron chi connectivity index (χ2n) is 4.26. The van der Waals surface area contributed by atoms with E-state index in [2.05, 4.69) is 10.0 Å². The molecule has 0 spiro atoms. The second kappa shape index (κ2) is 3.97. The fourth-order valence-corrected chi connectivity index (χ4v) is 3.96. The molecule has 0 amide bonds. The van der Waals surface area contributed by atoms with Gasteiger partial charge in [-0.15, -0.1) is 0 Å². The van der Waals surface area contributed by atoms with E-state index in [9.17, 15) is 8.42 Å². The standard InChI is InChI=1S/C11H14N2O3S/c14-17(15)10-5-6-16-9-4-2-1-3-8(9)11(10)12-7-13-17/h1-4,10-13H,5-7H2. The van der Waals surface area contributed by atoms with Crippen LogP contribution in [0.3, 0.4) is 0 Å². The van der Waals surface area contributed by atoms with Crippen LogP contribution in [0.25, 0.3) is 0 Å². The maximum Gasteiger partial charge on any atom is 0.217 e. The molecule has 3 rings (SSSR count). The lowest BCUT2D eigenvalue weighted by atomic mass is 10.0.